The molecule has 0 aromatic heterocycles. The molecule has 0 bridgehead atoms. The molecule has 0 aliphatic carbocycles. The van der Waals surface area contributed by atoms with Crippen LogP contribution in [0.25, 0.3) is 0 Å². The number of rotatable bonds is 4. The third kappa shape index (κ3) is 4.23. The smallest absolute Gasteiger partial charge is 0.243 e. The van der Waals surface area contributed by atoms with Gasteiger partial charge in [-0.1, -0.05) is 36.4 Å². The maximum Gasteiger partial charge on any atom is 0.243 e. The zero-order valence-electron chi connectivity index (χ0n) is 17.4. The second-order valence-electron chi connectivity index (χ2n) is 8.68. The number of piperidine rings is 1. The molecule has 30 heavy (non-hydrogen) atoms. The molecule has 2 aliphatic rings. The lowest BCUT2D eigenvalue weighted by molar-refractivity contribution is -0.127. The highest BCUT2D eigenvalue weighted by atomic mass is 32.2. The molecule has 160 valence electrons. The van der Waals surface area contributed by atoms with Crippen molar-refractivity contribution in [2.75, 3.05) is 13.1 Å². The Bertz CT molecular complexity index is 1020. The van der Waals surface area contributed by atoms with Crippen LogP contribution in [0.1, 0.15) is 44.7 Å². The summed E-state index contributed by atoms with van der Waals surface area (Å²) in [6.45, 7) is 4.67. The van der Waals surface area contributed by atoms with Gasteiger partial charge in [0.05, 0.1) is 16.9 Å². The molecule has 2 aromatic rings. The fourth-order valence-corrected chi connectivity index (χ4v) is 5.88. The van der Waals surface area contributed by atoms with Gasteiger partial charge >= 0.3 is 0 Å². The van der Waals surface area contributed by atoms with Crippen molar-refractivity contribution in [1.82, 2.24) is 9.62 Å². The molecule has 4 rings (SSSR count). The lowest BCUT2D eigenvalue weighted by atomic mass is 9.89. The van der Waals surface area contributed by atoms with Crippen LogP contribution in [0, 0.1) is 5.92 Å². The monoisotopic (exact) mass is 428 g/mol. The second kappa shape index (κ2) is 8.04. The van der Waals surface area contributed by atoms with Gasteiger partial charge in [0.25, 0.3) is 0 Å². The van der Waals surface area contributed by atoms with E-state index in [4.69, 9.17) is 4.74 Å². The summed E-state index contributed by atoms with van der Waals surface area (Å²) >= 11 is 0. The van der Waals surface area contributed by atoms with Gasteiger partial charge in [-0.25, -0.2) is 8.42 Å². The Morgan fingerprint density at radius 1 is 1.10 bits per heavy atom. The molecule has 2 heterocycles. The van der Waals surface area contributed by atoms with Gasteiger partial charge in [-0.15, -0.1) is 0 Å². The Labute approximate surface area is 178 Å². The topological polar surface area (TPSA) is 75.7 Å². The van der Waals surface area contributed by atoms with Crippen LogP contribution in [0.2, 0.25) is 0 Å². The Kier molecular flexibility index (Phi) is 5.59. The maximum absolute atomic E-state index is 13.1. The zero-order valence-corrected chi connectivity index (χ0v) is 18.2. The first kappa shape index (κ1) is 20.9. The van der Waals surface area contributed by atoms with E-state index >= 15 is 0 Å². The normalized spacial score (nSPS) is 23.8. The third-order valence-electron chi connectivity index (χ3n) is 5.83. The molecule has 7 heteroatoms. The molecule has 2 aromatic carbocycles. The number of carbonyl (C=O) groups is 1. The van der Waals surface area contributed by atoms with E-state index in [0.29, 0.717) is 25.8 Å². The molecule has 0 spiro atoms. The van der Waals surface area contributed by atoms with Crippen molar-refractivity contribution in [3.8, 4) is 5.75 Å². The van der Waals surface area contributed by atoms with Crippen LogP contribution in [-0.2, 0) is 14.8 Å². The number of amides is 1. The van der Waals surface area contributed by atoms with Gasteiger partial charge in [0.2, 0.25) is 15.9 Å². The van der Waals surface area contributed by atoms with E-state index in [9.17, 15) is 13.2 Å². The van der Waals surface area contributed by atoms with E-state index < -0.39 is 10.0 Å². The maximum atomic E-state index is 13.1. The number of para-hydroxylation sites is 1. The number of fused-ring (bicyclic) bond motifs is 1. The van der Waals surface area contributed by atoms with E-state index in [0.717, 1.165) is 11.3 Å². The van der Waals surface area contributed by atoms with Crippen LogP contribution in [0.5, 0.6) is 5.75 Å². The lowest BCUT2D eigenvalue weighted by Crippen LogP contribution is -2.47. The van der Waals surface area contributed by atoms with Crippen LogP contribution in [-0.4, -0.2) is 37.3 Å². The van der Waals surface area contributed by atoms with E-state index in [2.05, 4.69) is 5.32 Å². The molecule has 6 nitrogen and oxygen atoms in total. The summed E-state index contributed by atoms with van der Waals surface area (Å²) in [5, 5.41) is 3.17. The first-order valence-electron chi connectivity index (χ1n) is 10.4. The van der Waals surface area contributed by atoms with Crippen molar-refractivity contribution in [2.45, 2.75) is 49.6 Å². The summed E-state index contributed by atoms with van der Waals surface area (Å²) < 4.78 is 33.4. The van der Waals surface area contributed by atoms with E-state index in [-0.39, 0.29) is 34.9 Å². The van der Waals surface area contributed by atoms with Crippen LogP contribution in [0.15, 0.2) is 59.5 Å². The quantitative estimate of drug-likeness (QED) is 0.809. The average molecular weight is 429 g/mol. The number of nitrogens with one attached hydrogen (secondary N) is 1. The van der Waals surface area contributed by atoms with E-state index in [1.165, 1.54) is 4.31 Å². The molecule has 1 saturated heterocycles. The van der Waals surface area contributed by atoms with E-state index in [1.54, 1.807) is 30.3 Å². The Morgan fingerprint density at radius 2 is 1.80 bits per heavy atom. The molecular formula is C23H28N2O4S. The minimum absolute atomic E-state index is 0.0968. The van der Waals surface area contributed by atoms with Crippen LogP contribution >= 0.6 is 0 Å². The summed E-state index contributed by atoms with van der Waals surface area (Å²) in [7, 11) is -3.60. The van der Waals surface area contributed by atoms with Crippen LogP contribution in [0.4, 0.5) is 0 Å². The first-order valence-corrected chi connectivity index (χ1v) is 11.8. The van der Waals surface area contributed by atoms with Gasteiger partial charge in [0.1, 0.15) is 11.4 Å². The van der Waals surface area contributed by atoms with Crippen molar-refractivity contribution in [3.63, 3.8) is 0 Å². The van der Waals surface area contributed by atoms with Crippen molar-refractivity contribution >= 4 is 15.9 Å². The van der Waals surface area contributed by atoms with Gasteiger partial charge in [0, 0.05) is 25.1 Å². The molecule has 1 amide bonds. The van der Waals surface area contributed by atoms with Crippen molar-refractivity contribution in [1.29, 1.82) is 0 Å². The van der Waals surface area contributed by atoms with Gasteiger partial charge in [-0.3, -0.25) is 4.79 Å². The molecule has 2 atom stereocenters. The number of nitrogens with zero attached hydrogens (tertiary/aromatic N) is 1. The number of ether oxygens (including phenoxy) is 1. The number of hydrogen-bond donors (Lipinski definition) is 1. The zero-order chi connectivity index (χ0) is 21.4. The Balaban J connectivity index is 1.49. The third-order valence-corrected chi connectivity index (χ3v) is 7.71. The summed E-state index contributed by atoms with van der Waals surface area (Å²) in [4.78, 5) is 13.4. The predicted octanol–water partition coefficient (Wildman–Crippen LogP) is 3.51. The number of benzene rings is 2. The predicted molar refractivity (Wildman–Crippen MR) is 115 cm³/mol. The van der Waals surface area contributed by atoms with Gasteiger partial charge in [-0.2, -0.15) is 4.31 Å². The van der Waals surface area contributed by atoms with Crippen LogP contribution < -0.4 is 10.1 Å². The number of sulfonamides is 1. The molecule has 0 saturated carbocycles. The summed E-state index contributed by atoms with van der Waals surface area (Å²) in [6, 6.07) is 16.0. The van der Waals surface area contributed by atoms with Gasteiger partial charge < -0.3 is 10.1 Å². The van der Waals surface area contributed by atoms with E-state index in [1.807, 2.05) is 38.1 Å². The minimum Gasteiger partial charge on any atom is -0.487 e. The Hall–Kier alpha value is -2.38. The molecule has 1 fully saturated rings. The fourth-order valence-electron chi connectivity index (χ4n) is 4.34. The largest absolute Gasteiger partial charge is 0.487 e. The highest BCUT2D eigenvalue weighted by molar-refractivity contribution is 7.89. The minimum atomic E-state index is -3.60. The first-order chi connectivity index (χ1) is 14.3. The van der Waals surface area contributed by atoms with Crippen molar-refractivity contribution in [3.05, 3.63) is 60.2 Å². The Morgan fingerprint density at radius 3 is 2.57 bits per heavy atom. The highest BCUT2D eigenvalue weighted by Gasteiger charge is 2.37. The van der Waals surface area contributed by atoms with Gasteiger partial charge in [-0.05, 0) is 44.9 Å². The SMILES string of the molecule is CC1(C)CC(NC(=O)C2CCCN(S(=O)(=O)c3ccccc3)C2)c2ccccc2O1. The lowest BCUT2D eigenvalue weighted by Gasteiger charge is -2.39. The second-order valence-corrected chi connectivity index (χ2v) is 10.6. The molecular weight excluding hydrogens is 400 g/mol. The number of carbonyl (C=O) groups excluding carboxylic acids is 1. The van der Waals surface area contributed by atoms with Gasteiger partial charge in [0.15, 0.2) is 0 Å². The molecule has 1 N–H and O–H groups in total. The van der Waals surface area contributed by atoms with Crippen molar-refractivity contribution in [2.24, 2.45) is 5.92 Å². The van der Waals surface area contributed by atoms with Crippen molar-refractivity contribution < 1.29 is 17.9 Å². The fraction of sp³-hybridized carbons (Fsp3) is 0.435. The summed E-state index contributed by atoms with van der Waals surface area (Å²) in [6.07, 6.45) is 2.01. The molecule has 2 unspecified atom stereocenters. The average Bonchev–Trinajstić information content (AvgIpc) is 2.73. The summed E-state index contributed by atoms with van der Waals surface area (Å²) in [5.41, 5.74) is 0.580. The molecule has 2 aliphatic heterocycles. The standard InChI is InChI=1S/C23H28N2O4S/c1-23(2)15-20(19-12-6-7-13-21(19)29-23)24-22(26)17-9-8-14-25(16-17)30(27,28)18-10-4-3-5-11-18/h3-7,10-13,17,20H,8-9,14-16H2,1-2H3,(H,24,26). The summed E-state index contributed by atoms with van der Waals surface area (Å²) in [5.74, 6) is 0.326. The van der Waals surface area contributed by atoms with Crippen LogP contribution in [0.3, 0.4) is 0 Å². The number of hydrogen-bond acceptors (Lipinski definition) is 4. The molecule has 0 radical (unpaired) electrons. The highest BCUT2D eigenvalue weighted by Crippen LogP contribution is 2.39.